The zero-order valence-electron chi connectivity index (χ0n) is 21.3. The first-order valence-corrected chi connectivity index (χ1v) is 13.4. The quantitative estimate of drug-likeness (QED) is 0.393. The van der Waals surface area contributed by atoms with E-state index in [0.717, 1.165) is 16.9 Å². The third-order valence-electron chi connectivity index (χ3n) is 7.61. The van der Waals surface area contributed by atoms with Crippen molar-refractivity contribution in [3.63, 3.8) is 0 Å². The Morgan fingerprint density at radius 2 is 1.92 bits per heavy atom. The largest absolute Gasteiger partial charge is 0.352 e. The van der Waals surface area contributed by atoms with Crippen molar-refractivity contribution in [2.24, 2.45) is 0 Å². The molecule has 188 valence electrons. The lowest BCUT2D eigenvalue weighted by Crippen LogP contribution is -2.33. The molecule has 0 unspecified atom stereocenters. The van der Waals surface area contributed by atoms with Crippen molar-refractivity contribution in [1.82, 2.24) is 19.8 Å². The summed E-state index contributed by atoms with van der Waals surface area (Å²) < 4.78 is 2.53. The Hall–Kier alpha value is -3.19. The Bertz CT molecular complexity index is 1250. The first kappa shape index (κ1) is 24.5. The molecule has 36 heavy (non-hydrogen) atoms. The van der Waals surface area contributed by atoms with Crippen LogP contribution in [0.3, 0.4) is 0 Å². The number of pyridine rings is 1. The zero-order chi connectivity index (χ0) is 25.2. The van der Waals surface area contributed by atoms with E-state index >= 15 is 0 Å². The second kappa shape index (κ2) is 10.4. The van der Waals surface area contributed by atoms with Gasteiger partial charge in [0.05, 0.1) is 17.8 Å². The van der Waals surface area contributed by atoms with E-state index in [4.69, 9.17) is 12.2 Å². The Morgan fingerprint density at radius 3 is 2.64 bits per heavy atom. The number of rotatable bonds is 7. The van der Waals surface area contributed by atoms with E-state index in [1.54, 1.807) is 0 Å². The fraction of sp³-hybridized carbons (Fsp3) is 0.414. The Kier molecular flexibility index (Phi) is 7.10. The fourth-order valence-corrected chi connectivity index (χ4v) is 6.31. The number of hydrogen-bond acceptors (Lipinski definition) is 3. The number of nitrogens with one attached hydrogen (secondary N) is 2. The van der Waals surface area contributed by atoms with Crippen LogP contribution in [0.5, 0.6) is 0 Å². The SMILES string of the molecule is Cc1cccc(NC(=O)CCN2C(=S)N[C@H](c3ccccn3)[C@@H]2c2cc(C)n(C3CCCC3)c2C)c1. The van der Waals surface area contributed by atoms with Crippen molar-refractivity contribution < 1.29 is 4.79 Å². The second-order valence-corrected chi connectivity index (χ2v) is 10.5. The molecule has 2 N–H and O–H groups in total. The number of thiocarbonyl (C=S) groups is 1. The van der Waals surface area contributed by atoms with Crippen LogP contribution in [-0.4, -0.2) is 32.0 Å². The molecule has 0 spiro atoms. The molecule has 3 heterocycles. The van der Waals surface area contributed by atoms with E-state index in [1.165, 1.54) is 42.6 Å². The first-order valence-electron chi connectivity index (χ1n) is 13.0. The number of aryl methyl sites for hydroxylation is 2. The maximum atomic E-state index is 12.9. The van der Waals surface area contributed by atoms with E-state index in [0.29, 0.717) is 24.1 Å². The number of nitrogens with zero attached hydrogens (tertiary/aromatic N) is 3. The number of amides is 1. The zero-order valence-corrected chi connectivity index (χ0v) is 22.1. The molecule has 6 nitrogen and oxygen atoms in total. The molecule has 2 fully saturated rings. The van der Waals surface area contributed by atoms with Gasteiger partial charge in [0.1, 0.15) is 0 Å². The first-order chi connectivity index (χ1) is 17.4. The van der Waals surface area contributed by atoms with Gasteiger partial charge in [-0.2, -0.15) is 0 Å². The van der Waals surface area contributed by atoms with Gasteiger partial charge in [0, 0.05) is 42.3 Å². The van der Waals surface area contributed by atoms with Gasteiger partial charge in [0.2, 0.25) is 5.91 Å². The molecule has 2 aromatic heterocycles. The number of carbonyl (C=O) groups excluding carboxylic acids is 1. The summed E-state index contributed by atoms with van der Waals surface area (Å²) >= 11 is 5.83. The lowest BCUT2D eigenvalue weighted by molar-refractivity contribution is -0.116. The van der Waals surface area contributed by atoms with Crippen LogP contribution in [0.2, 0.25) is 0 Å². The third kappa shape index (κ3) is 4.89. The molecular formula is C29H35N5OS. The Balaban J connectivity index is 1.42. The maximum Gasteiger partial charge on any atom is 0.226 e. The van der Waals surface area contributed by atoms with Gasteiger partial charge >= 0.3 is 0 Å². The van der Waals surface area contributed by atoms with Crippen LogP contribution < -0.4 is 10.6 Å². The van der Waals surface area contributed by atoms with Gasteiger partial charge in [-0.3, -0.25) is 9.78 Å². The minimum Gasteiger partial charge on any atom is -0.352 e. The smallest absolute Gasteiger partial charge is 0.226 e. The van der Waals surface area contributed by atoms with Crippen molar-refractivity contribution in [3.05, 3.63) is 82.9 Å². The van der Waals surface area contributed by atoms with Crippen LogP contribution in [0, 0.1) is 20.8 Å². The molecule has 1 aliphatic carbocycles. The fourth-order valence-electron chi connectivity index (χ4n) is 5.98. The summed E-state index contributed by atoms with van der Waals surface area (Å²) in [5.74, 6) is -0.0140. The molecule has 5 rings (SSSR count). The van der Waals surface area contributed by atoms with Gasteiger partial charge in [-0.25, -0.2) is 0 Å². The molecule has 1 saturated heterocycles. The normalized spacial score (nSPS) is 20.1. The maximum absolute atomic E-state index is 12.9. The van der Waals surface area contributed by atoms with E-state index in [-0.39, 0.29) is 18.0 Å². The van der Waals surface area contributed by atoms with Crippen molar-refractivity contribution in [3.8, 4) is 0 Å². The van der Waals surface area contributed by atoms with Crippen molar-refractivity contribution in [2.75, 3.05) is 11.9 Å². The molecule has 2 aliphatic rings. The minimum atomic E-state index is -0.0731. The van der Waals surface area contributed by atoms with E-state index in [2.05, 4.69) is 51.1 Å². The number of benzene rings is 1. The van der Waals surface area contributed by atoms with Crippen LogP contribution in [-0.2, 0) is 4.79 Å². The number of carbonyl (C=O) groups is 1. The van der Waals surface area contributed by atoms with E-state index in [1.807, 2.05) is 49.5 Å². The van der Waals surface area contributed by atoms with Crippen LogP contribution >= 0.6 is 12.2 Å². The van der Waals surface area contributed by atoms with E-state index < -0.39 is 0 Å². The van der Waals surface area contributed by atoms with E-state index in [9.17, 15) is 4.79 Å². The Labute approximate surface area is 219 Å². The molecule has 1 aromatic carbocycles. The summed E-state index contributed by atoms with van der Waals surface area (Å²) in [5, 5.41) is 7.24. The van der Waals surface area contributed by atoms with Crippen LogP contribution in [0.1, 0.15) is 78.4 Å². The monoisotopic (exact) mass is 501 g/mol. The average Bonchev–Trinajstić information content (AvgIpc) is 3.56. The van der Waals surface area contributed by atoms with Crippen LogP contribution in [0.4, 0.5) is 5.69 Å². The predicted octanol–water partition coefficient (Wildman–Crippen LogP) is 5.92. The molecule has 1 amide bonds. The standard InChI is InChI=1S/C29H35N5OS/c1-19-9-8-10-22(17-19)31-26(35)14-16-33-28(27(32-29(33)36)25-13-6-7-15-30-25)24-18-20(2)34(21(24)3)23-11-4-5-12-23/h6-10,13,15,17-18,23,27-28H,4-5,11-12,14,16H2,1-3H3,(H,31,35)(H,32,36)/t27-,28+/m1/s1. The summed E-state index contributed by atoms with van der Waals surface area (Å²) in [6, 6.07) is 16.7. The highest BCUT2D eigenvalue weighted by atomic mass is 32.1. The second-order valence-electron chi connectivity index (χ2n) is 10.1. The number of aromatic nitrogens is 2. The van der Waals surface area contributed by atoms with Crippen molar-refractivity contribution in [1.29, 1.82) is 0 Å². The summed E-state index contributed by atoms with van der Waals surface area (Å²) in [6.45, 7) is 7.00. The van der Waals surface area contributed by atoms with Gasteiger partial charge in [-0.1, -0.05) is 31.0 Å². The van der Waals surface area contributed by atoms with Crippen molar-refractivity contribution >= 4 is 28.9 Å². The van der Waals surface area contributed by atoms with Crippen molar-refractivity contribution in [2.45, 2.75) is 71.0 Å². The highest BCUT2D eigenvalue weighted by Gasteiger charge is 2.41. The van der Waals surface area contributed by atoms with Crippen LogP contribution in [0.15, 0.2) is 54.7 Å². The molecule has 0 bridgehead atoms. The highest BCUT2D eigenvalue weighted by molar-refractivity contribution is 7.80. The molecule has 3 aromatic rings. The molecular weight excluding hydrogens is 466 g/mol. The summed E-state index contributed by atoms with van der Waals surface area (Å²) in [4.78, 5) is 19.7. The van der Waals surface area contributed by atoms with Gasteiger partial charge < -0.3 is 20.1 Å². The molecule has 0 radical (unpaired) electrons. The van der Waals surface area contributed by atoms with Gasteiger partial charge in [-0.15, -0.1) is 0 Å². The topological polar surface area (TPSA) is 62.2 Å². The lowest BCUT2D eigenvalue weighted by Gasteiger charge is -2.28. The van der Waals surface area contributed by atoms with Gasteiger partial charge in [-0.05, 0) is 87.3 Å². The Morgan fingerprint density at radius 1 is 1.11 bits per heavy atom. The average molecular weight is 502 g/mol. The van der Waals surface area contributed by atoms with Gasteiger partial charge in [0.25, 0.3) is 0 Å². The summed E-state index contributed by atoms with van der Waals surface area (Å²) in [7, 11) is 0. The number of anilines is 1. The lowest BCUT2D eigenvalue weighted by atomic mass is 9.96. The van der Waals surface area contributed by atoms with Gasteiger partial charge in [0.15, 0.2) is 5.11 Å². The predicted molar refractivity (Wildman–Crippen MR) is 148 cm³/mol. The summed E-state index contributed by atoms with van der Waals surface area (Å²) in [6.07, 6.45) is 7.25. The minimum absolute atomic E-state index is 0.0140. The number of hydrogen-bond donors (Lipinski definition) is 2. The van der Waals surface area contributed by atoms with Crippen LogP contribution in [0.25, 0.3) is 0 Å². The molecule has 1 saturated carbocycles. The summed E-state index contributed by atoms with van der Waals surface area (Å²) in [5.41, 5.74) is 6.76. The molecule has 1 aliphatic heterocycles. The molecule has 7 heteroatoms. The molecule has 2 atom stereocenters. The highest BCUT2D eigenvalue weighted by Crippen LogP contribution is 2.43. The third-order valence-corrected chi connectivity index (χ3v) is 7.96.